The zero-order chi connectivity index (χ0) is 16.1. The molecule has 6 nitrogen and oxygen atoms in total. The third-order valence-electron chi connectivity index (χ3n) is 4.71. The van der Waals surface area contributed by atoms with Crippen LogP contribution in [0.2, 0.25) is 0 Å². The first-order valence-electron chi connectivity index (χ1n) is 8.13. The van der Waals surface area contributed by atoms with Crippen LogP contribution in [-0.4, -0.2) is 61.9 Å². The van der Waals surface area contributed by atoms with E-state index >= 15 is 0 Å². The van der Waals surface area contributed by atoms with Gasteiger partial charge in [0.05, 0.1) is 19.3 Å². The molecule has 0 aliphatic carbocycles. The summed E-state index contributed by atoms with van der Waals surface area (Å²) in [6, 6.07) is 3.93. The summed E-state index contributed by atoms with van der Waals surface area (Å²) in [4.78, 5) is 17.8. The lowest BCUT2D eigenvalue weighted by Gasteiger charge is -2.19. The summed E-state index contributed by atoms with van der Waals surface area (Å²) >= 11 is 0. The average Bonchev–Trinajstić information content (AvgIpc) is 3.14. The molecule has 3 heterocycles. The van der Waals surface area contributed by atoms with Crippen LogP contribution in [0.4, 0.5) is 0 Å². The van der Waals surface area contributed by atoms with E-state index < -0.39 is 0 Å². The fourth-order valence-corrected chi connectivity index (χ4v) is 3.42. The quantitative estimate of drug-likeness (QED) is 0.704. The van der Waals surface area contributed by atoms with Crippen molar-refractivity contribution in [3.05, 3.63) is 30.1 Å². The van der Waals surface area contributed by atoms with Crippen molar-refractivity contribution in [2.75, 3.05) is 40.0 Å². The topological polar surface area (TPSA) is 60.9 Å². The van der Waals surface area contributed by atoms with E-state index in [9.17, 15) is 4.79 Å². The van der Waals surface area contributed by atoms with Crippen LogP contribution in [0.25, 0.3) is 0 Å². The predicted octanol–water partition coefficient (Wildman–Crippen LogP) is 1.11. The number of likely N-dealkylation sites (tertiary alicyclic amines) is 1. The predicted molar refractivity (Wildman–Crippen MR) is 83.7 cm³/mol. The molecule has 1 aromatic rings. The summed E-state index contributed by atoms with van der Waals surface area (Å²) in [5.41, 5.74) is 1.14. The summed E-state index contributed by atoms with van der Waals surface area (Å²) in [5, 5.41) is 0. The van der Waals surface area contributed by atoms with Gasteiger partial charge in [0.15, 0.2) is 0 Å². The zero-order valence-electron chi connectivity index (χ0n) is 13.5. The molecule has 3 rings (SSSR count). The molecule has 2 saturated heterocycles. The van der Waals surface area contributed by atoms with Crippen molar-refractivity contribution in [3.63, 3.8) is 0 Å². The minimum absolute atomic E-state index is 0.0539. The number of ether oxygens (including phenoxy) is 3. The number of carbonyl (C=O) groups excluding carboxylic acids is 1. The van der Waals surface area contributed by atoms with E-state index in [1.807, 2.05) is 17.0 Å². The van der Waals surface area contributed by atoms with Gasteiger partial charge in [-0.05, 0) is 30.0 Å². The molecule has 3 atom stereocenters. The van der Waals surface area contributed by atoms with Crippen LogP contribution in [0.15, 0.2) is 24.5 Å². The molecule has 0 radical (unpaired) electrons. The first-order chi connectivity index (χ1) is 11.3. The summed E-state index contributed by atoms with van der Waals surface area (Å²) < 4.78 is 16.6. The Bertz CT molecular complexity index is 511. The van der Waals surface area contributed by atoms with Crippen LogP contribution in [0.3, 0.4) is 0 Å². The summed E-state index contributed by atoms with van der Waals surface area (Å²) in [7, 11) is 1.55. The number of hydrogen-bond donors (Lipinski definition) is 0. The fourth-order valence-electron chi connectivity index (χ4n) is 3.42. The standard InChI is InChI=1S/C17H24N2O4/c1-21-12-17(20)19-8-15-14(11-23-16(15)9-19)4-7-22-10-13-2-5-18-6-3-13/h2-3,5-6,14-16H,4,7-12H2,1H3/t14-,15-,16-/m0/s1. The second kappa shape index (κ2) is 7.86. The number of fused-ring (bicyclic) bond motifs is 1. The van der Waals surface area contributed by atoms with E-state index in [0.717, 1.165) is 25.1 Å². The highest BCUT2D eigenvalue weighted by molar-refractivity contribution is 5.77. The summed E-state index contributed by atoms with van der Waals surface area (Å²) in [6.45, 7) is 3.73. The van der Waals surface area contributed by atoms with Crippen molar-refractivity contribution in [2.45, 2.75) is 19.1 Å². The molecule has 0 aromatic carbocycles. The van der Waals surface area contributed by atoms with E-state index in [4.69, 9.17) is 14.2 Å². The highest BCUT2D eigenvalue weighted by Crippen LogP contribution is 2.35. The largest absolute Gasteiger partial charge is 0.377 e. The lowest BCUT2D eigenvalue weighted by Crippen LogP contribution is -2.33. The van der Waals surface area contributed by atoms with E-state index in [2.05, 4.69) is 4.98 Å². The number of methoxy groups -OCH3 is 1. The third-order valence-corrected chi connectivity index (χ3v) is 4.71. The van der Waals surface area contributed by atoms with Crippen molar-refractivity contribution < 1.29 is 19.0 Å². The minimum atomic E-state index is 0.0539. The Hall–Kier alpha value is -1.50. The lowest BCUT2D eigenvalue weighted by molar-refractivity contribution is -0.134. The number of aromatic nitrogens is 1. The molecule has 0 spiro atoms. The number of amides is 1. The van der Waals surface area contributed by atoms with Gasteiger partial charge >= 0.3 is 0 Å². The Kier molecular flexibility index (Phi) is 5.59. The van der Waals surface area contributed by atoms with E-state index in [-0.39, 0.29) is 18.6 Å². The van der Waals surface area contributed by atoms with Gasteiger partial charge < -0.3 is 19.1 Å². The number of hydrogen-bond acceptors (Lipinski definition) is 5. The van der Waals surface area contributed by atoms with Crippen LogP contribution < -0.4 is 0 Å². The molecule has 2 fully saturated rings. The van der Waals surface area contributed by atoms with Crippen LogP contribution in [-0.2, 0) is 25.6 Å². The van der Waals surface area contributed by atoms with Crippen LogP contribution in [0.5, 0.6) is 0 Å². The normalized spacial score (nSPS) is 26.5. The van der Waals surface area contributed by atoms with Gasteiger partial charge in [0.1, 0.15) is 6.61 Å². The highest BCUT2D eigenvalue weighted by atomic mass is 16.5. The number of carbonyl (C=O) groups is 1. The van der Waals surface area contributed by atoms with Gasteiger partial charge in [-0.1, -0.05) is 0 Å². The molecule has 0 bridgehead atoms. The number of pyridine rings is 1. The van der Waals surface area contributed by atoms with Crippen LogP contribution in [0.1, 0.15) is 12.0 Å². The van der Waals surface area contributed by atoms with Gasteiger partial charge in [0, 0.05) is 45.1 Å². The molecule has 23 heavy (non-hydrogen) atoms. The maximum absolute atomic E-state index is 11.9. The Morgan fingerprint density at radius 1 is 1.39 bits per heavy atom. The summed E-state index contributed by atoms with van der Waals surface area (Å²) in [5.74, 6) is 0.955. The monoisotopic (exact) mass is 320 g/mol. The lowest BCUT2D eigenvalue weighted by atomic mass is 9.91. The molecular weight excluding hydrogens is 296 g/mol. The first kappa shape index (κ1) is 16.4. The molecule has 0 saturated carbocycles. The molecular formula is C17H24N2O4. The minimum Gasteiger partial charge on any atom is -0.377 e. The molecule has 0 N–H and O–H groups in total. The average molecular weight is 320 g/mol. The van der Waals surface area contributed by atoms with E-state index in [0.29, 0.717) is 31.6 Å². The van der Waals surface area contributed by atoms with Gasteiger partial charge in [-0.2, -0.15) is 0 Å². The number of nitrogens with zero attached hydrogens (tertiary/aromatic N) is 2. The second-order valence-corrected chi connectivity index (χ2v) is 6.22. The Morgan fingerprint density at radius 3 is 3.00 bits per heavy atom. The Balaban J connectivity index is 1.40. The van der Waals surface area contributed by atoms with Gasteiger partial charge in [0.25, 0.3) is 0 Å². The molecule has 0 unspecified atom stereocenters. The van der Waals surface area contributed by atoms with E-state index in [1.165, 1.54) is 0 Å². The third kappa shape index (κ3) is 4.07. The molecule has 1 amide bonds. The highest BCUT2D eigenvalue weighted by Gasteiger charge is 2.44. The van der Waals surface area contributed by atoms with Crippen LogP contribution >= 0.6 is 0 Å². The van der Waals surface area contributed by atoms with Gasteiger partial charge in [-0.25, -0.2) is 0 Å². The van der Waals surface area contributed by atoms with Crippen molar-refractivity contribution >= 4 is 5.91 Å². The van der Waals surface area contributed by atoms with E-state index in [1.54, 1.807) is 19.5 Å². The van der Waals surface area contributed by atoms with Gasteiger partial charge in [-0.3, -0.25) is 9.78 Å². The van der Waals surface area contributed by atoms with Gasteiger partial charge in [-0.15, -0.1) is 0 Å². The number of rotatable bonds is 7. The molecule has 2 aliphatic heterocycles. The zero-order valence-corrected chi connectivity index (χ0v) is 13.5. The molecule has 126 valence electrons. The molecule has 1 aromatic heterocycles. The smallest absolute Gasteiger partial charge is 0.248 e. The van der Waals surface area contributed by atoms with Crippen molar-refractivity contribution in [1.29, 1.82) is 0 Å². The fraction of sp³-hybridized carbons (Fsp3) is 0.647. The van der Waals surface area contributed by atoms with Crippen molar-refractivity contribution in [3.8, 4) is 0 Å². The van der Waals surface area contributed by atoms with Crippen LogP contribution in [0, 0.1) is 11.8 Å². The maximum atomic E-state index is 11.9. The Morgan fingerprint density at radius 2 is 2.22 bits per heavy atom. The first-order valence-corrected chi connectivity index (χ1v) is 8.13. The maximum Gasteiger partial charge on any atom is 0.248 e. The van der Waals surface area contributed by atoms with Crippen molar-refractivity contribution in [2.24, 2.45) is 11.8 Å². The second-order valence-electron chi connectivity index (χ2n) is 6.22. The molecule has 2 aliphatic rings. The van der Waals surface area contributed by atoms with Gasteiger partial charge in [0.2, 0.25) is 5.91 Å². The SMILES string of the molecule is COCC(=O)N1C[C@H]2[C@@H](CCOCc3ccncc3)CO[C@H]2C1. The molecule has 6 heteroatoms. The van der Waals surface area contributed by atoms with Crippen molar-refractivity contribution in [1.82, 2.24) is 9.88 Å². The Labute approximate surface area is 136 Å². The summed E-state index contributed by atoms with van der Waals surface area (Å²) in [6.07, 6.45) is 4.70.